The highest BCUT2D eigenvalue weighted by molar-refractivity contribution is 6.29. The van der Waals surface area contributed by atoms with Crippen LogP contribution in [0.5, 0.6) is 0 Å². The first-order chi connectivity index (χ1) is 10.5. The van der Waals surface area contributed by atoms with Gasteiger partial charge < -0.3 is 10.2 Å². The van der Waals surface area contributed by atoms with Crippen molar-refractivity contribution < 1.29 is 9.59 Å². The topological polar surface area (TPSA) is 62.3 Å². The number of benzene rings is 1. The molecule has 112 valence electrons. The van der Waals surface area contributed by atoms with Crippen LogP contribution < -0.4 is 10.2 Å². The molecule has 5 nitrogen and oxygen atoms in total. The van der Waals surface area contributed by atoms with Gasteiger partial charge in [-0.1, -0.05) is 11.6 Å². The van der Waals surface area contributed by atoms with Crippen molar-refractivity contribution in [3.63, 3.8) is 0 Å². The normalized spacial score (nSPS) is 12.9. The van der Waals surface area contributed by atoms with E-state index < -0.39 is 0 Å². The van der Waals surface area contributed by atoms with Gasteiger partial charge in [0.05, 0.1) is 0 Å². The largest absolute Gasteiger partial charge is 0.322 e. The predicted octanol–water partition coefficient (Wildman–Crippen LogP) is 2.90. The summed E-state index contributed by atoms with van der Waals surface area (Å²) < 4.78 is 0. The van der Waals surface area contributed by atoms with Crippen molar-refractivity contribution >= 4 is 34.8 Å². The maximum atomic E-state index is 12.2. The maximum Gasteiger partial charge on any atom is 0.255 e. The first-order valence-electron chi connectivity index (χ1n) is 6.88. The molecule has 2 heterocycles. The van der Waals surface area contributed by atoms with Gasteiger partial charge in [0.15, 0.2) is 0 Å². The molecule has 1 aromatic carbocycles. The third-order valence-electron chi connectivity index (χ3n) is 3.60. The Morgan fingerprint density at radius 1 is 1.27 bits per heavy atom. The molecule has 0 aliphatic carbocycles. The van der Waals surface area contributed by atoms with E-state index in [-0.39, 0.29) is 17.0 Å². The molecule has 0 fully saturated rings. The smallest absolute Gasteiger partial charge is 0.255 e. The Bertz CT molecular complexity index is 761. The van der Waals surface area contributed by atoms with E-state index in [1.54, 1.807) is 24.0 Å². The highest BCUT2D eigenvalue weighted by Crippen LogP contribution is 2.30. The Labute approximate surface area is 132 Å². The summed E-state index contributed by atoms with van der Waals surface area (Å²) in [5, 5.41) is 3.11. The molecule has 2 amide bonds. The van der Waals surface area contributed by atoms with Crippen molar-refractivity contribution in [3.05, 3.63) is 52.8 Å². The molecule has 6 heteroatoms. The number of carbonyl (C=O) groups is 2. The van der Waals surface area contributed by atoms with Crippen molar-refractivity contribution in [1.82, 2.24) is 4.98 Å². The molecule has 1 N–H and O–H groups in total. The molecule has 2 aromatic rings. The van der Waals surface area contributed by atoms with Gasteiger partial charge >= 0.3 is 0 Å². The number of carbonyl (C=O) groups excluding carboxylic acids is 2. The summed E-state index contributed by atoms with van der Waals surface area (Å²) >= 11 is 5.79. The van der Waals surface area contributed by atoms with Crippen LogP contribution in [0.3, 0.4) is 0 Å². The van der Waals surface area contributed by atoms with Crippen molar-refractivity contribution in [2.45, 2.75) is 13.3 Å². The van der Waals surface area contributed by atoms with Crippen LogP contribution in [0.4, 0.5) is 11.4 Å². The van der Waals surface area contributed by atoms with E-state index in [4.69, 9.17) is 11.6 Å². The summed E-state index contributed by atoms with van der Waals surface area (Å²) in [4.78, 5) is 29.3. The lowest BCUT2D eigenvalue weighted by atomic mass is 10.1. The monoisotopic (exact) mass is 315 g/mol. The number of amides is 2. The summed E-state index contributed by atoms with van der Waals surface area (Å²) in [5.74, 6) is -0.215. The molecule has 0 spiro atoms. The molecular formula is C16H14ClN3O2. The average molecular weight is 316 g/mol. The lowest BCUT2D eigenvalue weighted by Gasteiger charge is -2.15. The Hall–Kier alpha value is -2.40. The molecule has 1 aliphatic rings. The minimum atomic E-state index is -0.245. The van der Waals surface area contributed by atoms with E-state index >= 15 is 0 Å². The second kappa shape index (κ2) is 5.77. The molecule has 3 rings (SSSR count). The van der Waals surface area contributed by atoms with Gasteiger partial charge in [0.2, 0.25) is 5.91 Å². The summed E-state index contributed by atoms with van der Waals surface area (Å²) in [7, 11) is 0. The van der Waals surface area contributed by atoms with Crippen molar-refractivity contribution in [2.24, 2.45) is 0 Å². The van der Waals surface area contributed by atoms with Crippen molar-refractivity contribution in [2.75, 3.05) is 16.8 Å². The lowest BCUT2D eigenvalue weighted by molar-refractivity contribution is -0.116. The Balaban J connectivity index is 1.80. The van der Waals surface area contributed by atoms with Crippen LogP contribution in [0.25, 0.3) is 0 Å². The quantitative estimate of drug-likeness (QED) is 0.867. The van der Waals surface area contributed by atoms with Crippen LogP contribution in [0.15, 0.2) is 36.5 Å². The molecule has 0 unspecified atom stereocenters. The SMILES string of the molecule is CC(=O)N1CCc2cc(NC(=O)c3ccnc(Cl)c3)ccc21. The van der Waals surface area contributed by atoms with Crippen LogP contribution in [-0.4, -0.2) is 23.3 Å². The fourth-order valence-electron chi connectivity index (χ4n) is 2.55. The summed E-state index contributed by atoms with van der Waals surface area (Å²) in [5.41, 5.74) is 3.12. The third-order valence-corrected chi connectivity index (χ3v) is 3.81. The van der Waals surface area contributed by atoms with Gasteiger partial charge in [-0.2, -0.15) is 0 Å². The number of hydrogen-bond acceptors (Lipinski definition) is 3. The van der Waals surface area contributed by atoms with Gasteiger partial charge in [-0.25, -0.2) is 4.98 Å². The Morgan fingerprint density at radius 3 is 2.82 bits per heavy atom. The van der Waals surface area contributed by atoms with E-state index in [0.29, 0.717) is 17.8 Å². The first-order valence-corrected chi connectivity index (χ1v) is 7.26. The van der Waals surface area contributed by atoms with E-state index in [1.807, 2.05) is 12.1 Å². The number of nitrogens with one attached hydrogen (secondary N) is 1. The maximum absolute atomic E-state index is 12.2. The average Bonchev–Trinajstić information content (AvgIpc) is 2.90. The molecule has 1 aliphatic heterocycles. The van der Waals surface area contributed by atoms with Gasteiger partial charge in [-0.3, -0.25) is 9.59 Å². The fourth-order valence-corrected chi connectivity index (χ4v) is 2.73. The molecule has 0 bridgehead atoms. The van der Waals surface area contributed by atoms with Crippen LogP contribution >= 0.6 is 11.6 Å². The zero-order valence-electron chi connectivity index (χ0n) is 12.0. The third kappa shape index (κ3) is 2.80. The van der Waals surface area contributed by atoms with Gasteiger partial charge in [0.1, 0.15) is 5.15 Å². The lowest BCUT2D eigenvalue weighted by Crippen LogP contribution is -2.25. The van der Waals surface area contributed by atoms with Crippen molar-refractivity contribution in [1.29, 1.82) is 0 Å². The Morgan fingerprint density at radius 2 is 2.09 bits per heavy atom. The molecule has 0 saturated heterocycles. The van der Waals surface area contributed by atoms with Gasteiger partial charge in [-0.15, -0.1) is 0 Å². The van der Waals surface area contributed by atoms with E-state index in [0.717, 1.165) is 17.7 Å². The highest BCUT2D eigenvalue weighted by atomic mass is 35.5. The number of fused-ring (bicyclic) bond motifs is 1. The van der Waals surface area contributed by atoms with E-state index in [1.165, 1.54) is 12.3 Å². The molecule has 1 aromatic heterocycles. The number of rotatable bonds is 2. The molecule has 0 radical (unpaired) electrons. The summed E-state index contributed by atoms with van der Waals surface area (Å²) in [6.45, 7) is 2.24. The summed E-state index contributed by atoms with van der Waals surface area (Å²) in [6.07, 6.45) is 2.28. The number of halogens is 1. The number of aromatic nitrogens is 1. The highest BCUT2D eigenvalue weighted by Gasteiger charge is 2.22. The fraction of sp³-hybridized carbons (Fsp3) is 0.188. The Kier molecular flexibility index (Phi) is 3.81. The molecular weight excluding hydrogens is 302 g/mol. The predicted molar refractivity (Wildman–Crippen MR) is 85.4 cm³/mol. The molecule has 0 saturated carbocycles. The standard InChI is InChI=1S/C16H14ClN3O2/c1-10(21)20-7-5-11-8-13(2-3-14(11)20)19-16(22)12-4-6-18-15(17)9-12/h2-4,6,8-9H,5,7H2,1H3,(H,19,22). The molecule has 22 heavy (non-hydrogen) atoms. The molecule has 0 atom stereocenters. The van der Waals surface area contributed by atoms with Gasteiger partial charge in [0, 0.05) is 36.6 Å². The van der Waals surface area contributed by atoms with Crippen LogP contribution in [0.1, 0.15) is 22.8 Å². The summed E-state index contributed by atoms with van der Waals surface area (Å²) in [6, 6.07) is 8.67. The van der Waals surface area contributed by atoms with Crippen molar-refractivity contribution in [3.8, 4) is 0 Å². The van der Waals surface area contributed by atoms with Crippen LogP contribution in [0, 0.1) is 0 Å². The zero-order chi connectivity index (χ0) is 15.7. The number of anilines is 2. The second-order valence-electron chi connectivity index (χ2n) is 5.09. The van der Waals surface area contributed by atoms with Gasteiger partial charge in [-0.05, 0) is 42.3 Å². The minimum Gasteiger partial charge on any atom is -0.322 e. The zero-order valence-corrected chi connectivity index (χ0v) is 12.7. The minimum absolute atomic E-state index is 0.0296. The second-order valence-corrected chi connectivity index (χ2v) is 5.47. The van der Waals surface area contributed by atoms with Gasteiger partial charge in [0.25, 0.3) is 5.91 Å². The van der Waals surface area contributed by atoms with E-state index in [9.17, 15) is 9.59 Å². The number of hydrogen-bond donors (Lipinski definition) is 1. The van der Waals surface area contributed by atoms with Crippen LogP contribution in [0.2, 0.25) is 5.15 Å². The van der Waals surface area contributed by atoms with E-state index in [2.05, 4.69) is 10.3 Å². The van der Waals surface area contributed by atoms with Crippen LogP contribution in [-0.2, 0) is 11.2 Å². The number of pyridine rings is 1. The first kappa shape index (κ1) is 14.5. The number of nitrogens with zero attached hydrogens (tertiary/aromatic N) is 2.